The normalized spacial score (nSPS) is 11.7. The predicted octanol–water partition coefficient (Wildman–Crippen LogP) is 4.14. The van der Waals surface area contributed by atoms with Crippen molar-refractivity contribution in [2.45, 2.75) is 12.2 Å². The van der Waals surface area contributed by atoms with Crippen molar-refractivity contribution < 1.29 is 18.4 Å². The SMILES string of the molecule is CNC(=O)NC(Cc1ccc(NC(=N)N)cc1)P(=O)(Oc1ccccc1)Oc1ccccc1. The monoisotopic (exact) mass is 467 g/mol. The van der Waals surface area contributed by atoms with Gasteiger partial charge >= 0.3 is 13.6 Å². The molecule has 0 saturated carbocycles. The van der Waals surface area contributed by atoms with Crippen molar-refractivity contribution in [3.05, 3.63) is 90.5 Å². The first kappa shape index (κ1) is 23.7. The quantitative estimate of drug-likeness (QED) is 0.182. The highest BCUT2D eigenvalue weighted by Crippen LogP contribution is 2.52. The first-order chi connectivity index (χ1) is 15.9. The van der Waals surface area contributed by atoms with Gasteiger partial charge in [-0.15, -0.1) is 0 Å². The fourth-order valence-electron chi connectivity index (χ4n) is 2.97. The highest BCUT2D eigenvalue weighted by atomic mass is 31.2. The summed E-state index contributed by atoms with van der Waals surface area (Å²) in [4.78, 5) is 12.2. The third-order valence-electron chi connectivity index (χ3n) is 4.52. The number of guanidine groups is 1. The average molecular weight is 467 g/mol. The minimum absolute atomic E-state index is 0.157. The van der Waals surface area contributed by atoms with Crippen molar-refractivity contribution in [2.75, 3.05) is 12.4 Å². The Morgan fingerprint density at radius 3 is 1.91 bits per heavy atom. The average Bonchev–Trinajstić information content (AvgIpc) is 2.80. The molecule has 0 aliphatic carbocycles. The minimum atomic E-state index is -3.98. The first-order valence-electron chi connectivity index (χ1n) is 10.2. The van der Waals surface area contributed by atoms with Gasteiger partial charge in [-0.05, 0) is 42.0 Å². The molecule has 33 heavy (non-hydrogen) atoms. The van der Waals surface area contributed by atoms with Gasteiger partial charge in [-0.3, -0.25) is 5.41 Å². The maximum absolute atomic E-state index is 14.2. The van der Waals surface area contributed by atoms with Crippen LogP contribution in [-0.4, -0.2) is 24.8 Å². The van der Waals surface area contributed by atoms with E-state index in [2.05, 4.69) is 16.0 Å². The maximum Gasteiger partial charge on any atom is 0.453 e. The van der Waals surface area contributed by atoms with Crippen LogP contribution in [0.4, 0.5) is 10.5 Å². The van der Waals surface area contributed by atoms with E-state index in [4.69, 9.17) is 20.2 Å². The molecule has 9 nitrogen and oxygen atoms in total. The minimum Gasteiger partial charge on any atom is -0.415 e. The zero-order valence-corrected chi connectivity index (χ0v) is 18.9. The molecule has 0 aromatic heterocycles. The molecule has 172 valence electrons. The van der Waals surface area contributed by atoms with E-state index < -0.39 is 19.4 Å². The molecule has 2 amide bonds. The Morgan fingerprint density at radius 1 is 0.939 bits per heavy atom. The number of carbonyl (C=O) groups excluding carboxylic acids is 1. The summed E-state index contributed by atoms with van der Waals surface area (Å²) in [6.45, 7) is 0. The summed E-state index contributed by atoms with van der Waals surface area (Å²) in [6, 6.07) is 23.8. The van der Waals surface area contributed by atoms with Crippen molar-refractivity contribution >= 4 is 25.3 Å². The van der Waals surface area contributed by atoms with E-state index in [0.717, 1.165) is 5.56 Å². The van der Waals surface area contributed by atoms with E-state index in [1.807, 2.05) is 12.1 Å². The molecule has 0 spiro atoms. The molecule has 3 aromatic rings. The molecule has 0 heterocycles. The highest BCUT2D eigenvalue weighted by Gasteiger charge is 2.40. The lowest BCUT2D eigenvalue weighted by Gasteiger charge is -2.28. The molecular weight excluding hydrogens is 441 g/mol. The van der Waals surface area contributed by atoms with Crippen LogP contribution in [-0.2, 0) is 11.0 Å². The highest BCUT2D eigenvalue weighted by molar-refractivity contribution is 7.55. The summed E-state index contributed by atoms with van der Waals surface area (Å²) >= 11 is 0. The van der Waals surface area contributed by atoms with Crippen LogP contribution < -0.4 is 30.7 Å². The van der Waals surface area contributed by atoms with Gasteiger partial charge in [-0.2, -0.15) is 0 Å². The Bertz CT molecular complexity index is 1070. The lowest BCUT2D eigenvalue weighted by molar-refractivity contribution is 0.239. The van der Waals surface area contributed by atoms with Crippen molar-refractivity contribution in [1.29, 1.82) is 5.41 Å². The molecule has 0 aliphatic heterocycles. The standard InChI is InChI=1S/C23H26N5O4P/c1-26-23(29)28-21(16-17-12-14-18(15-13-17)27-22(24)25)33(30,31-19-8-4-2-5-9-19)32-20-10-6-3-7-11-20/h2-15,21H,16H2,1H3,(H4,24,25,27)(H2,26,28,29). The summed E-state index contributed by atoms with van der Waals surface area (Å²) in [5, 5.41) is 15.2. The van der Waals surface area contributed by atoms with Gasteiger partial charge in [-0.1, -0.05) is 48.5 Å². The zero-order chi connectivity index (χ0) is 23.7. The smallest absolute Gasteiger partial charge is 0.415 e. The van der Waals surface area contributed by atoms with Gasteiger partial charge in [0.15, 0.2) is 11.7 Å². The van der Waals surface area contributed by atoms with Gasteiger partial charge in [-0.25, -0.2) is 9.36 Å². The third kappa shape index (κ3) is 7.02. The van der Waals surface area contributed by atoms with E-state index in [0.29, 0.717) is 17.2 Å². The molecule has 0 radical (unpaired) electrons. The first-order valence-corrected chi connectivity index (χ1v) is 11.8. The summed E-state index contributed by atoms with van der Waals surface area (Å²) < 4.78 is 26.0. The Kier molecular flexibility index (Phi) is 7.94. The number of carbonyl (C=O) groups is 1. The van der Waals surface area contributed by atoms with Crippen molar-refractivity contribution in [3.8, 4) is 11.5 Å². The van der Waals surface area contributed by atoms with Crippen LogP contribution in [0.2, 0.25) is 0 Å². The Morgan fingerprint density at radius 2 is 1.45 bits per heavy atom. The number of nitrogens with two attached hydrogens (primary N) is 1. The van der Waals surface area contributed by atoms with E-state index in [1.54, 1.807) is 72.8 Å². The summed E-state index contributed by atoms with van der Waals surface area (Å²) in [7, 11) is -2.51. The van der Waals surface area contributed by atoms with Gasteiger partial charge in [0.05, 0.1) is 0 Å². The number of anilines is 1. The number of benzene rings is 3. The third-order valence-corrected chi connectivity index (χ3v) is 6.53. The van der Waals surface area contributed by atoms with Crippen molar-refractivity contribution in [2.24, 2.45) is 5.73 Å². The van der Waals surface area contributed by atoms with Gasteiger partial charge in [0.25, 0.3) is 0 Å². The topological polar surface area (TPSA) is 139 Å². The van der Waals surface area contributed by atoms with Gasteiger partial charge in [0.1, 0.15) is 11.5 Å². The van der Waals surface area contributed by atoms with Crippen molar-refractivity contribution in [3.63, 3.8) is 0 Å². The number of hydrogen-bond acceptors (Lipinski definition) is 5. The number of para-hydroxylation sites is 2. The van der Waals surface area contributed by atoms with Crippen LogP contribution in [0.15, 0.2) is 84.9 Å². The Labute approximate surface area is 192 Å². The number of nitrogens with one attached hydrogen (secondary N) is 4. The fraction of sp³-hybridized carbons (Fsp3) is 0.130. The summed E-state index contributed by atoms with van der Waals surface area (Å²) in [6.07, 6.45) is 0.157. The number of rotatable bonds is 9. The zero-order valence-electron chi connectivity index (χ0n) is 18.0. The van der Waals surface area contributed by atoms with Crippen LogP contribution in [0.1, 0.15) is 5.56 Å². The molecule has 1 atom stereocenters. The summed E-state index contributed by atoms with van der Waals surface area (Å²) in [5.74, 6) is -0.494. The maximum atomic E-state index is 14.2. The molecule has 0 fully saturated rings. The second kappa shape index (κ2) is 11.1. The second-order valence-electron chi connectivity index (χ2n) is 7.03. The lowest BCUT2D eigenvalue weighted by atomic mass is 10.1. The molecule has 0 saturated heterocycles. The van der Waals surface area contributed by atoms with Crippen LogP contribution in [0, 0.1) is 5.41 Å². The van der Waals surface area contributed by atoms with E-state index in [-0.39, 0.29) is 12.4 Å². The van der Waals surface area contributed by atoms with E-state index >= 15 is 0 Å². The molecular formula is C23H26N5O4P. The van der Waals surface area contributed by atoms with Gasteiger partial charge in [0, 0.05) is 19.2 Å². The Hall–Kier alpha value is -3.97. The fourth-order valence-corrected chi connectivity index (χ4v) is 4.80. The second-order valence-corrected chi connectivity index (χ2v) is 9.10. The van der Waals surface area contributed by atoms with Crippen molar-refractivity contribution in [1.82, 2.24) is 10.6 Å². The molecule has 1 unspecified atom stereocenters. The molecule has 3 rings (SSSR count). The number of amides is 2. The van der Waals surface area contributed by atoms with Gasteiger partial charge in [0.2, 0.25) is 0 Å². The number of urea groups is 1. The van der Waals surface area contributed by atoms with Crippen LogP contribution in [0.3, 0.4) is 0 Å². The largest absolute Gasteiger partial charge is 0.453 e. The number of hydrogen-bond donors (Lipinski definition) is 5. The van der Waals surface area contributed by atoms with Crippen LogP contribution >= 0.6 is 7.60 Å². The molecule has 10 heteroatoms. The van der Waals surface area contributed by atoms with Gasteiger partial charge < -0.3 is 30.7 Å². The molecule has 6 N–H and O–H groups in total. The predicted molar refractivity (Wildman–Crippen MR) is 129 cm³/mol. The Balaban J connectivity index is 1.94. The van der Waals surface area contributed by atoms with Crippen LogP contribution in [0.25, 0.3) is 0 Å². The molecule has 0 bridgehead atoms. The summed E-state index contributed by atoms with van der Waals surface area (Å²) in [5.41, 5.74) is 6.76. The molecule has 0 aliphatic rings. The molecule has 3 aromatic carbocycles. The van der Waals surface area contributed by atoms with Crippen LogP contribution in [0.5, 0.6) is 11.5 Å². The lowest BCUT2D eigenvalue weighted by Crippen LogP contribution is -2.43. The van der Waals surface area contributed by atoms with E-state index in [9.17, 15) is 9.36 Å². The van der Waals surface area contributed by atoms with E-state index in [1.165, 1.54) is 7.05 Å².